The van der Waals surface area contributed by atoms with Crippen LogP contribution >= 0.6 is 0 Å². The zero-order chi connectivity index (χ0) is 16.1. The molecule has 2 aliphatic rings. The lowest BCUT2D eigenvalue weighted by atomic mass is 9.99. The minimum atomic E-state index is -0.145. The lowest BCUT2D eigenvalue weighted by molar-refractivity contribution is -0.134. The summed E-state index contributed by atoms with van der Waals surface area (Å²) in [7, 11) is 0. The van der Waals surface area contributed by atoms with Crippen molar-refractivity contribution in [2.24, 2.45) is 5.92 Å². The minimum Gasteiger partial charge on any atom is -0.354 e. The van der Waals surface area contributed by atoms with E-state index in [1.165, 1.54) is 0 Å². The molecular formula is C18H25N3O2. The Labute approximate surface area is 137 Å². The molecule has 1 aromatic rings. The first-order valence-corrected chi connectivity index (χ1v) is 8.56. The number of nitrogens with one attached hydrogen (secondary N) is 2. The smallest absolute Gasteiger partial charge is 0.223 e. The Hall–Kier alpha value is -1.88. The van der Waals surface area contributed by atoms with Crippen LogP contribution in [0.5, 0.6) is 0 Å². The number of carbonyl (C=O) groups excluding carboxylic acids is 2. The molecule has 0 spiro atoms. The molecule has 0 aromatic heterocycles. The molecule has 0 saturated carbocycles. The van der Waals surface area contributed by atoms with Gasteiger partial charge in [0.15, 0.2) is 0 Å². The van der Waals surface area contributed by atoms with E-state index in [1.54, 1.807) is 0 Å². The fourth-order valence-electron chi connectivity index (χ4n) is 3.53. The highest BCUT2D eigenvalue weighted by Crippen LogP contribution is 2.27. The van der Waals surface area contributed by atoms with Gasteiger partial charge in [-0.2, -0.15) is 0 Å². The van der Waals surface area contributed by atoms with Crippen LogP contribution in [0, 0.1) is 5.92 Å². The van der Waals surface area contributed by atoms with Crippen molar-refractivity contribution in [1.29, 1.82) is 0 Å². The zero-order valence-corrected chi connectivity index (χ0v) is 13.5. The summed E-state index contributed by atoms with van der Waals surface area (Å²) in [4.78, 5) is 26.6. The Balaban J connectivity index is 1.70. The van der Waals surface area contributed by atoms with Gasteiger partial charge in [-0.15, -0.1) is 0 Å². The standard InChI is InChI=1S/C18H25N3O2/c22-17-12-16(15-4-2-1-3-5-15)21(11-10-20-17)18(23)7-6-14-8-9-19-13-14/h1-5,14,16,19H,6-13H2,(H,20,22). The molecule has 0 aliphatic carbocycles. The molecule has 2 N–H and O–H groups in total. The van der Waals surface area contributed by atoms with E-state index in [9.17, 15) is 9.59 Å². The SMILES string of the molecule is O=C1CC(c2ccccc2)N(C(=O)CCC2CCNC2)CCN1. The Morgan fingerprint density at radius 2 is 2.04 bits per heavy atom. The summed E-state index contributed by atoms with van der Waals surface area (Å²) in [6.07, 6.45) is 3.02. The number of hydrogen-bond donors (Lipinski definition) is 2. The van der Waals surface area contributed by atoms with Gasteiger partial charge in [-0.05, 0) is 37.4 Å². The van der Waals surface area contributed by atoms with Gasteiger partial charge in [0.1, 0.15) is 0 Å². The van der Waals surface area contributed by atoms with E-state index in [2.05, 4.69) is 10.6 Å². The molecule has 23 heavy (non-hydrogen) atoms. The molecule has 1 aromatic carbocycles. The van der Waals surface area contributed by atoms with Gasteiger partial charge >= 0.3 is 0 Å². The van der Waals surface area contributed by atoms with Crippen LogP contribution < -0.4 is 10.6 Å². The Bertz CT molecular complexity index is 540. The van der Waals surface area contributed by atoms with Crippen molar-refractivity contribution in [2.75, 3.05) is 26.2 Å². The zero-order valence-electron chi connectivity index (χ0n) is 13.5. The molecule has 2 atom stereocenters. The van der Waals surface area contributed by atoms with Gasteiger partial charge in [0.2, 0.25) is 11.8 Å². The first-order valence-electron chi connectivity index (χ1n) is 8.56. The highest BCUT2D eigenvalue weighted by Gasteiger charge is 2.30. The molecule has 5 nitrogen and oxygen atoms in total. The predicted octanol–water partition coefficient (Wildman–Crippen LogP) is 1.47. The molecule has 2 unspecified atom stereocenters. The maximum atomic E-state index is 12.8. The number of nitrogens with zero attached hydrogens (tertiary/aromatic N) is 1. The number of rotatable bonds is 4. The molecule has 0 bridgehead atoms. The molecule has 124 valence electrons. The fourth-order valence-corrected chi connectivity index (χ4v) is 3.53. The molecule has 2 amide bonds. The summed E-state index contributed by atoms with van der Waals surface area (Å²) in [6, 6.07) is 9.75. The van der Waals surface area contributed by atoms with E-state index in [4.69, 9.17) is 0 Å². The second-order valence-electron chi connectivity index (χ2n) is 6.47. The van der Waals surface area contributed by atoms with E-state index in [0.717, 1.165) is 31.5 Å². The molecule has 0 radical (unpaired) electrons. The van der Waals surface area contributed by atoms with Crippen LogP contribution in [0.4, 0.5) is 0 Å². The summed E-state index contributed by atoms with van der Waals surface area (Å²) >= 11 is 0. The van der Waals surface area contributed by atoms with E-state index in [-0.39, 0.29) is 17.9 Å². The third-order valence-corrected chi connectivity index (χ3v) is 4.86. The average molecular weight is 315 g/mol. The van der Waals surface area contributed by atoms with E-state index in [1.807, 2.05) is 35.2 Å². The quantitative estimate of drug-likeness (QED) is 0.884. The summed E-state index contributed by atoms with van der Waals surface area (Å²) in [5.41, 5.74) is 1.04. The van der Waals surface area contributed by atoms with Crippen LogP contribution in [-0.4, -0.2) is 42.9 Å². The van der Waals surface area contributed by atoms with Crippen molar-refractivity contribution in [1.82, 2.24) is 15.5 Å². The second-order valence-corrected chi connectivity index (χ2v) is 6.47. The van der Waals surface area contributed by atoms with Gasteiger partial charge in [0.25, 0.3) is 0 Å². The van der Waals surface area contributed by atoms with Crippen molar-refractivity contribution >= 4 is 11.8 Å². The number of carbonyl (C=O) groups is 2. The largest absolute Gasteiger partial charge is 0.354 e. The van der Waals surface area contributed by atoms with Crippen molar-refractivity contribution in [3.63, 3.8) is 0 Å². The van der Waals surface area contributed by atoms with Crippen LogP contribution in [0.3, 0.4) is 0 Å². The van der Waals surface area contributed by atoms with Gasteiger partial charge in [-0.1, -0.05) is 30.3 Å². The monoisotopic (exact) mass is 315 g/mol. The first-order chi connectivity index (χ1) is 11.2. The normalized spacial score (nSPS) is 25.0. The van der Waals surface area contributed by atoms with Crippen LogP contribution in [0.25, 0.3) is 0 Å². The average Bonchev–Trinajstić information content (AvgIpc) is 3.01. The second kappa shape index (κ2) is 7.59. The maximum Gasteiger partial charge on any atom is 0.223 e. The van der Waals surface area contributed by atoms with Gasteiger partial charge < -0.3 is 15.5 Å². The van der Waals surface area contributed by atoms with Gasteiger partial charge in [0.05, 0.1) is 12.5 Å². The van der Waals surface area contributed by atoms with Gasteiger partial charge in [-0.25, -0.2) is 0 Å². The van der Waals surface area contributed by atoms with Crippen molar-refractivity contribution < 1.29 is 9.59 Å². The highest BCUT2D eigenvalue weighted by molar-refractivity contribution is 5.81. The van der Waals surface area contributed by atoms with E-state index < -0.39 is 0 Å². The van der Waals surface area contributed by atoms with Crippen LogP contribution in [0.15, 0.2) is 30.3 Å². The summed E-state index contributed by atoms with van der Waals surface area (Å²) in [5, 5.41) is 6.23. The number of benzene rings is 1. The van der Waals surface area contributed by atoms with Crippen LogP contribution in [0.1, 0.15) is 37.3 Å². The Morgan fingerprint density at radius 3 is 2.78 bits per heavy atom. The molecule has 2 heterocycles. The van der Waals surface area contributed by atoms with Crippen molar-refractivity contribution in [3.8, 4) is 0 Å². The third kappa shape index (κ3) is 4.10. The molecule has 3 rings (SSSR count). The van der Waals surface area contributed by atoms with Gasteiger partial charge in [0, 0.05) is 19.5 Å². The van der Waals surface area contributed by atoms with E-state index in [0.29, 0.717) is 31.8 Å². The molecule has 2 aliphatic heterocycles. The fraction of sp³-hybridized carbons (Fsp3) is 0.556. The summed E-state index contributed by atoms with van der Waals surface area (Å²) in [5.74, 6) is 0.803. The number of amides is 2. The molecule has 5 heteroatoms. The summed E-state index contributed by atoms with van der Waals surface area (Å²) < 4.78 is 0. The van der Waals surface area contributed by atoms with Crippen LogP contribution in [0.2, 0.25) is 0 Å². The first kappa shape index (κ1) is 16.0. The van der Waals surface area contributed by atoms with Crippen molar-refractivity contribution in [3.05, 3.63) is 35.9 Å². The number of hydrogen-bond acceptors (Lipinski definition) is 3. The van der Waals surface area contributed by atoms with E-state index >= 15 is 0 Å². The highest BCUT2D eigenvalue weighted by atomic mass is 16.2. The summed E-state index contributed by atoms with van der Waals surface area (Å²) in [6.45, 7) is 3.22. The minimum absolute atomic E-state index is 0.0224. The predicted molar refractivity (Wildman–Crippen MR) is 88.7 cm³/mol. The maximum absolute atomic E-state index is 12.8. The molecular weight excluding hydrogens is 290 g/mol. The third-order valence-electron chi connectivity index (χ3n) is 4.86. The molecule has 2 saturated heterocycles. The topological polar surface area (TPSA) is 61.4 Å². The lowest BCUT2D eigenvalue weighted by Crippen LogP contribution is -2.36. The Morgan fingerprint density at radius 1 is 1.22 bits per heavy atom. The molecule has 2 fully saturated rings. The lowest BCUT2D eigenvalue weighted by Gasteiger charge is -2.30. The van der Waals surface area contributed by atoms with Crippen LogP contribution in [-0.2, 0) is 9.59 Å². The van der Waals surface area contributed by atoms with Gasteiger partial charge in [-0.3, -0.25) is 9.59 Å². The Kier molecular flexibility index (Phi) is 5.28. The van der Waals surface area contributed by atoms with Crippen molar-refractivity contribution in [2.45, 2.75) is 31.7 Å².